The van der Waals surface area contributed by atoms with E-state index in [9.17, 15) is 13.2 Å². The average Bonchev–Trinajstić information content (AvgIpc) is 2.39. The van der Waals surface area contributed by atoms with Crippen LogP contribution in [0.5, 0.6) is 0 Å². The first-order valence-corrected chi connectivity index (χ1v) is 7.95. The largest absolute Gasteiger partial charge is 0.324 e. The number of carbonyl (C=O) groups is 1. The van der Waals surface area contributed by atoms with Crippen molar-refractivity contribution < 1.29 is 13.2 Å². The van der Waals surface area contributed by atoms with Crippen LogP contribution in [0.2, 0.25) is 0 Å². The quantitative estimate of drug-likeness (QED) is 0.829. The number of amides is 1. The highest BCUT2D eigenvalue weighted by atomic mass is 32.2. The molecule has 0 fully saturated rings. The van der Waals surface area contributed by atoms with E-state index >= 15 is 0 Å². The number of benzene rings is 1. The summed E-state index contributed by atoms with van der Waals surface area (Å²) in [5.41, 5.74) is 6.00. The molecule has 3 N–H and O–H groups in total. The van der Waals surface area contributed by atoms with E-state index in [-0.39, 0.29) is 16.6 Å². The summed E-state index contributed by atoms with van der Waals surface area (Å²) in [5.74, 6) is -0.374. The predicted molar refractivity (Wildman–Crippen MR) is 75.7 cm³/mol. The first-order valence-electron chi connectivity index (χ1n) is 6.30. The fourth-order valence-corrected chi connectivity index (χ4v) is 2.72. The molecule has 0 saturated heterocycles. The van der Waals surface area contributed by atoms with E-state index in [0.29, 0.717) is 12.1 Å². The van der Waals surface area contributed by atoms with Crippen molar-refractivity contribution >= 4 is 21.4 Å². The van der Waals surface area contributed by atoms with Gasteiger partial charge in [0.1, 0.15) is 0 Å². The lowest BCUT2D eigenvalue weighted by Gasteiger charge is -2.14. The average molecular weight is 284 g/mol. The second kappa shape index (κ2) is 6.68. The number of hydrogen-bond donors (Lipinski definition) is 2. The highest BCUT2D eigenvalue weighted by Gasteiger charge is 2.19. The van der Waals surface area contributed by atoms with E-state index in [1.54, 1.807) is 25.1 Å². The molecule has 0 aliphatic heterocycles. The maximum absolute atomic E-state index is 11.9. The van der Waals surface area contributed by atoms with Crippen LogP contribution in [-0.4, -0.2) is 26.1 Å². The highest BCUT2D eigenvalue weighted by molar-refractivity contribution is 7.91. The third-order valence-corrected chi connectivity index (χ3v) is 4.58. The van der Waals surface area contributed by atoms with Gasteiger partial charge in [-0.15, -0.1) is 0 Å². The van der Waals surface area contributed by atoms with Gasteiger partial charge in [0.15, 0.2) is 9.84 Å². The minimum absolute atomic E-state index is 0.0130. The number of para-hydroxylation sites is 1. The third kappa shape index (κ3) is 4.04. The molecule has 1 rings (SSSR count). The maximum atomic E-state index is 11.9. The number of carbonyl (C=O) groups excluding carboxylic acids is 1. The molecule has 5 nitrogen and oxygen atoms in total. The lowest BCUT2D eigenvalue weighted by molar-refractivity contribution is -0.117. The summed E-state index contributed by atoms with van der Waals surface area (Å²) >= 11 is 0. The van der Waals surface area contributed by atoms with Crippen molar-refractivity contribution in [2.45, 2.75) is 37.6 Å². The van der Waals surface area contributed by atoms with Crippen molar-refractivity contribution in [1.29, 1.82) is 0 Å². The zero-order valence-corrected chi connectivity index (χ0v) is 12.0. The van der Waals surface area contributed by atoms with Crippen molar-refractivity contribution in [3.05, 3.63) is 24.3 Å². The fourth-order valence-electron chi connectivity index (χ4n) is 1.66. The van der Waals surface area contributed by atoms with Gasteiger partial charge in [-0.2, -0.15) is 0 Å². The maximum Gasteiger partial charge on any atom is 0.241 e. The number of sulfone groups is 1. The normalized spacial score (nSPS) is 13.0. The highest BCUT2D eigenvalue weighted by Crippen LogP contribution is 2.22. The second-order valence-electron chi connectivity index (χ2n) is 4.28. The van der Waals surface area contributed by atoms with Crippen molar-refractivity contribution in [2.75, 3.05) is 11.1 Å². The van der Waals surface area contributed by atoms with Gasteiger partial charge in [-0.1, -0.05) is 32.4 Å². The van der Waals surface area contributed by atoms with Crippen LogP contribution in [0.4, 0.5) is 5.69 Å². The molecule has 1 amide bonds. The molecule has 0 radical (unpaired) electrons. The Hall–Kier alpha value is -1.40. The minimum Gasteiger partial charge on any atom is -0.324 e. The molecule has 0 heterocycles. The molecule has 0 aliphatic rings. The molecule has 0 aromatic heterocycles. The van der Waals surface area contributed by atoms with Crippen LogP contribution >= 0.6 is 0 Å². The van der Waals surface area contributed by atoms with E-state index in [4.69, 9.17) is 5.73 Å². The Morgan fingerprint density at radius 2 is 1.95 bits per heavy atom. The van der Waals surface area contributed by atoms with E-state index < -0.39 is 15.9 Å². The van der Waals surface area contributed by atoms with Gasteiger partial charge in [-0.25, -0.2) is 8.42 Å². The Bertz CT molecular complexity index is 541. The third-order valence-electron chi connectivity index (χ3n) is 2.80. The molecule has 0 saturated carbocycles. The number of anilines is 1. The second-order valence-corrected chi connectivity index (χ2v) is 6.53. The molecule has 1 aromatic carbocycles. The Balaban J connectivity index is 3.00. The van der Waals surface area contributed by atoms with E-state index in [1.807, 2.05) is 6.92 Å². The number of rotatable bonds is 6. The van der Waals surface area contributed by atoms with Crippen molar-refractivity contribution in [3.8, 4) is 0 Å². The molecule has 1 unspecified atom stereocenters. The molecular formula is C13H20N2O3S. The summed E-state index contributed by atoms with van der Waals surface area (Å²) in [6.45, 7) is 3.50. The first-order chi connectivity index (χ1) is 8.92. The van der Waals surface area contributed by atoms with Gasteiger partial charge in [-0.3, -0.25) is 4.79 Å². The fraction of sp³-hybridized carbons (Fsp3) is 0.462. The summed E-state index contributed by atoms with van der Waals surface area (Å²) in [5, 5.41) is 2.59. The Kier molecular flexibility index (Phi) is 5.50. The van der Waals surface area contributed by atoms with Crippen molar-refractivity contribution in [2.24, 2.45) is 5.73 Å². The number of nitrogens with two attached hydrogens (primary N) is 1. The summed E-state index contributed by atoms with van der Waals surface area (Å²) in [7, 11) is -3.37. The lowest BCUT2D eigenvalue weighted by Crippen LogP contribution is -2.35. The monoisotopic (exact) mass is 284 g/mol. The predicted octanol–water partition coefficient (Wildman–Crippen LogP) is 1.55. The van der Waals surface area contributed by atoms with Crippen molar-refractivity contribution in [3.63, 3.8) is 0 Å². The van der Waals surface area contributed by atoms with Gasteiger partial charge >= 0.3 is 0 Å². The summed E-state index contributed by atoms with van der Waals surface area (Å²) in [6, 6.07) is 5.74. The molecule has 0 aliphatic carbocycles. The topological polar surface area (TPSA) is 89.3 Å². The number of nitrogens with one attached hydrogen (secondary N) is 1. The van der Waals surface area contributed by atoms with E-state index in [0.717, 1.165) is 6.42 Å². The van der Waals surface area contributed by atoms with Gasteiger partial charge in [0, 0.05) is 0 Å². The number of hydrogen-bond acceptors (Lipinski definition) is 4. The van der Waals surface area contributed by atoms with E-state index in [2.05, 4.69) is 5.32 Å². The zero-order valence-electron chi connectivity index (χ0n) is 11.2. The van der Waals surface area contributed by atoms with Gasteiger partial charge in [0.2, 0.25) is 5.91 Å². The Labute approximate surface area is 114 Å². The molecular weight excluding hydrogens is 264 g/mol. The lowest BCUT2D eigenvalue weighted by atomic mass is 10.1. The first kappa shape index (κ1) is 15.7. The molecule has 1 atom stereocenters. The standard InChI is InChI=1S/C13H20N2O3S/c1-3-7-10(14)13(16)15-11-8-5-6-9-12(11)19(17,18)4-2/h5-6,8-10H,3-4,7,14H2,1-2H3,(H,15,16). The van der Waals surface area contributed by atoms with Gasteiger partial charge in [0.25, 0.3) is 0 Å². The summed E-state index contributed by atoms with van der Waals surface area (Å²) in [4.78, 5) is 12.0. The van der Waals surface area contributed by atoms with Crippen LogP contribution in [-0.2, 0) is 14.6 Å². The van der Waals surface area contributed by atoms with Gasteiger partial charge in [-0.05, 0) is 18.6 Å². The molecule has 106 valence electrons. The molecule has 6 heteroatoms. The Morgan fingerprint density at radius 3 is 2.53 bits per heavy atom. The van der Waals surface area contributed by atoms with Crippen LogP contribution in [0.15, 0.2) is 29.2 Å². The molecule has 19 heavy (non-hydrogen) atoms. The van der Waals surface area contributed by atoms with E-state index in [1.165, 1.54) is 6.07 Å². The SMILES string of the molecule is CCCC(N)C(=O)Nc1ccccc1S(=O)(=O)CC. The zero-order chi connectivity index (χ0) is 14.5. The minimum atomic E-state index is -3.37. The summed E-state index contributed by atoms with van der Waals surface area (Å²) < 4.78 is 23.8. The van der Waals surface area contributed by atoms with Crippen molar-refractivity contribution in [1.82, 2.24) is 0 Å². The van der Waals surface area contributed by atoms with Crippen LogP contribution in [0.3, 0.4) is 0 Å². The van der Waals surface area contributed by atoms with Crippen LogP contribution in [0, 0.1) is 0 Å². The Morgan fingerprint density at radius 1 is 1.32 bits per heavy atom. The summed E-state index contributed by atoms with van der Waals surface area (Å²) in [6.07, 6.45) is 1.36. The smallest absolute Gasteiger partial charge is 0.241 e. The van der Waals surface area contributed by atoms with Gasteiger partial charge < -0.3 is 11.1 Å². The van der Waals surface area contributed by atoms with Crippen LogP contribution in [0.25, 0.3) is 0 Å². The van der Waals surface area contributed by atoms with Gasteiger partial charge in [0.05, 0.1) is 22.4 Å². The molecule has 0 spiro atoms. The molecule has 0 bridgehead atoms. The van der Waals surface area contributed by atoms with Crippen LogP contribution < -0.4 is 11.1 Å². The van der Waals surface area contributed by atoms with Crippen LogP contribution in [0.1, 0.15) is 26.7 Å². The molecule has 1 aromatic rings.